The highest BCUT2D eigenvalue weighted by molar-refractivity contribution is 5.93. The predicted octanol–water partition coefficient (Wildman–Crippen LogP) is 3.56. The monoisotopic (exact) mass is 384 g/mol. The predicted molar refractivity (Wildman–Crippen MR) is 113 cm³/mol. The Morgan fingerprint density at radius 3 is 2.66 bits per heavy atom. The molecule has 4 aromatic rings. The lowest BCUT2D eigenvalue weighted by atomic mass is 10.0. The van der Waals surface area contributed by atoms with Crippen LogP contribution in [0.3, 0.4) is 0 Å². The number of anilines is 1. The number of H-pyrrole nitrogens is 1. The minimum Gasteiger partial charge on any atom is -0.496 e. The standard InChI is InChI=1S/C23H20N4O2/c1-29-19-9-5-4-8-17(19)18-10-12-24-21-20(18)22(28)26-23(25-21)27-13-11-15-6-2-3-7-16(15)14-27/h2-10,12H,11,13-14H2,1H3,(H,24,25,26,28). The molecular weight excluding hydrogens is 364 g/mol. The second-order valence-electron chi connectivity index (χ2n) is 7.09. The molecule has 0 fully saturated rings. The molecule has 0 spiro atoms. The van der Waals surface area contributed by atoms with Crippen molar-refractivity contribution in [3.63, 3.8) is 0 Å². The smallest absolute Gasteiger partial charge is 0.262 e. The number of nitrogens with zero attached hydrogens (tertiary/aromatic N) is 3. The van der Waals surface area contributed by atoms with Crippen LogP contribution in [0, 0.1) is 0 Å². The first-order chi connectivity index (χ1) is 14.2. The molecule has 0 atom stereocenters. The molecule has 0 amide bonds. The van der Waals surface area contributed by atoms with E-state index in [1.54, 1.807) is 13.3 Å². The molecule has 6 nitrogen and oxygen atoms in total. The Morgan fingerprint density at radius 2 is 1.79 bits per heavy atom. The van der Waals surface area contributed by atoms with Gasteiger partial charge in [-0.2, -0.15) is 4.98 Å². The van der Waals surface area contributed by atoms with Crippen molar-refractivity contribution in [1.82, 2.24) is 15.0 Å². The minimum atomic E-state index is -0.196. The molecule has 3 heterocycles. The van der Waals surface area contributed by atoms with Gasteiger partial charge in [0.15, 0.2) is 5.65 Å². The summed E-state index contributed by atoms with van der Waals surface area (Å²) in [5.74, 6) is 1.26. The van der Waals surface area contributed by atoms with Crippen molar-refractivity contribution in [2.75, 3.05) is 18.6 Å². The summed E-state index contributed by atoms with van der Waals surface area (Å²) in [6.45, 7) is 1.52. The van der Waals surface area contributed by atoms with E-state index in [1.165, 1.54) is 11.1 Å². The van der Waals surface area contributed by atoms with Crippen molar-refractivity contribution >= 4 is 17.0 Å². The van der Waals surface area contributed by atoms with Crippen LogP contribution >= 0.6 is 0 Å². The third kappa shape index (κ3) is 3.02. The molecule has 29 heavy (non-hydrogen) atoms. The number of para-hydroxylation sites is 1. The van der Waals surface area contributed by atoms with E-state index in [0.717, 1.165) is 30.6 Å². The number of methoxy groups -OCH3 is 1. The molecule has 1 aliphatic rings. The first-order valence-electron chi connectivity index (χ1n) is 9.59. The Balaban J connectivity index is 1.61. The van der Waals surface area contributed by atoms with Crippen LogP contribution in [0.5, 0.6) is 5.75 Å². The van der Waals surface area contributed by atoms with E-state index in [2.05, 4.69) is 33.1 Å². The third-order valence-corrected chi connectivity index (χ3v) is 5.42. The Labute approximate surface area is 167 Å². The Kier molecular flexibility index (Phi) is 4.24. The van der Waals surface area contributed by atoms with Crippen LogP contribution in [0.15, 0.2) is 65.6 Å². The number of fused-ring (bicyclic) bond motifs is 2. The Hall–Kier alpha value is -3.67. The van der Waals surface area contributed by atoms with Crippen molar-refractivity contribution in [3.8, 4) is 16.9 Å². The number of aromatic amines is 1. The SMILES string of the molecule is COc1ccccc1-c1ccnc2nc(N3CCc4ccccc4C3)[nH]c(=O)c12. The fourth-order valence-corrected chi connectivity index (χ4v) is 3.97. The van der Waals surface area contributed by atoms with Gasteiger partial charge in [0, 0.05) is 30.4 Å². The largest absolute Gasteiger partial charge is 0.496 e. The lowest BCUT2D eigenvalue weighted by molar-refractivity contribution is 0.416. The molecule has 0 saturated carbocycles. The number of rotatable bonds is 3. The van der Waals surface area contributed by atoms with Crippen LogP contribution in [-0.4, -0.2) is 28.6 Å². The molecule has 1 aliphatic heterocycles. The molecule has 0 radical (unpaired) electrons. The maximum absolute atomic E-state index is 13.1. The van der Waals surface area contributed by atoms with E-state index in [1.807, 2.05) is 36.4 Å². The quantitative estimate of drug-likeness (QED) is 0.585. The van der Waals surface area contributed by atoms with Crippen molar-refractivity contribution < 1.29 is 4.74 Å². The molecule has 0 bridgehead atoms. The van der Waals surface area contributed by atoms with Crippen molar-refractivity contribution in [1.29, 1.82) is 0 Å². The lowest BCUT2D eigenvalue weighted by Gasteiger charge is -2.29. The summed E-state index contributed by atoms with van der Waals surface area (Å²) < 4.78 is 5.48. The molecule has 0 unspecified atom stereocenters. The molecule has 0 saturated heterocycles. The van der Waals surface area contributed by atoms with Gasteiger partial charge >= 0.3 is 0 Å². The van der Waals surface area contributed by atoms with Crippen LogP contribution in [0.25, 0.3) is 22.2 Å². The summed E-state index contributed by atoms with van der Waals surface area (Å²) in [6.07, 6.45) is 2.61. The molecule has 1 N–H and O–H groups in total. The summed E-state index contributed by atoms with van der Waals surface area (Å²) in [7, 11) is 1.62. The minimum absolute atomic E-state index is 0.196. The average molecular weight is 384 g/mol. The first-order valence-corrected chi connectivity index (χ1v) is 9.59. The van der Waals surface area contributed by atoms with Gasteiger partial charge in [0.1, 0.15) is 5.75 Å². The second kappa shape index (κ2) is 7.05. The summed E-state index contributed by atoms with van der Waals surface area (Å²) >= 11 is 0. The van der Waals surface area contributed by atoms with E-state index in [9.17, 15) is 4.79 Å². The van der Waals surface area contributed by atoms with Gasteiger partial charge in [-0.25, -0.2) is 4.98 Å². The lowest BCUT2D eigenvalue weighted by Crippen LogP contribution is -2.33. The number of aromatic nitrogens is 3. The number of nitrogens with one attached hydrogen (secondary N) is 1. The van der Waals surface area contributed by atoms with Gasteiger partial charge in [-0.15, -0.1) is 0 Å². The van der Waals surface area contributed by atoms with Crippen LogP contribution < -0.4 is 15.2 Å². The molecule has 6 heteroatoms. The van der Waals surface area contributed by atoms with Crippen LogP contribution in [0.2, 0.25) is 0 Å². The highest BCUT2D eigenvalue weighted by Gasteiger charge is 2.20. The molecular formula is C23H20N4O2. The zero-order valence-corrected chi connectivity index (χ0v) is 16.1. The number of hydrogen-bond donors (Lipinski definition) is 1. The zero-order valence-electron chi connectivity index (χ0n) is 16.1. The van der Waals surface area contributed by atoms with E-state index in [4.69, 9.17) is 9.72 Å². The number of ether oxygens (including phenoxy) is 1. The van der Waals surface area contributed by atoms with E-state index >= 15 is 0 Å². The molecule has 144 valence electrons. The van der Waals surface area contributed by atoms with Crippen molar-refractivity contribution in [3.05, 3.63) is 82.3 Å². The highest BCUT2D eigenvalue weighted by Crippen LogP contribution is 2.32. The van der Waals surface area contributed by atoms with Crippen LogP contribution in [-0.2, 0) is 13.0 Å². The molecule has 2 aromatic heterocycles. The van der Waals surface area contributed by atoms with Gasteiger partial charge in [-0.1, -0.05) is 42.5 Å². The van der Waals surface area contributed by atoms with Crippen LogP contribution in [0.1, 0.15) is 11.1 Å². The molecule has 0 aliphatic carbocycles. The van der Waals surface area contributed by atoms with Crippen molar-refractivity contribution in [2.45, 2.75) is 13.0 Å². The number of hydrogen-bond acceptors (Lipinski definition) is 5. The summed E-state index contributed by atoms with van der Waals surface area (Å²) in [6, 6.07) is 17.8. The zero-order chi connectivity index (χ0) is 19.8. The number of pyridine rings is 1. The average Bonchev–Trinajstić information content (AvgIpc) is 2.78. The fourth-order valence-electron chi connectivity index (χ4n) is 3.97. The maximum Gasteiger partial charge on any atom is 0.262 e. The fraction of sp³-hybridized carbons (Fsp3) is 0.174. The van der Waals surface area contributed by atoms with E-state index < -0.39 is 0 Å². The Morgan fingerprint density at radius 1 is 1.00 bits per heavy atom. The third-order valence-electron chi connectivity index (χ3n) is 5.42. The van der Waals surface area contributed by atoms with Gasteiger partial charge in [0.05, 0.1) is 12.5 Å². The van der Waals surface area contributed by atoms with Gasteiger partial charge in [0.2, 0.25) is 5.95 Å². The van der Waals surface area contributed by atoms with Gasteiger partial charge in [0.25, 0.3) is 5.56 Å². The summed E-state index contributed by atoms with van der Waals surface area (Å²) in [5.41, 5.74) is 4.45. The van der Waals surface area contributed by atoms with Gasteiger partial charge in [-0.05, 0) is 29.7 Å². The van der Waals surface area contributed by atoms with E-state index in [-0.39, 0.29) is 5.56 Å². The maximum atomic E-state index is 13.1. The van der Waals surface area contributed by atoms with Crippen molar-refractivity contribution in [2.24, 2.45) is 0 Å². The Bertz CT molecular complexity index is 1270. The molecule has 5 rings (SSSR count). The van der Waals surface area contributed by atoms with Crippen LogP contribution in [0.4, 0.5) is 5.95 Å². The van der Waals surface area contributed by atoms with Gasteiger partial charge in [-0.3, -0.25) is 9.78 Å². The normalized spacial score (nSPS) is 13.3. The second-order valence-corrected chi connectivity index (χ2v) is 7.09. The summed E-state index contributed by atoms with van der Waals surface area (Å²) in [4.78, 5) is 27.2. The van der Waals surface area contributed by atoms with E-state index in [0.29, 0.717) is 22.7 Å². The van der Waals surface area contributed by atoms with Gasteiger partial charge < -0.3 is 9.64 Å². The topological polar surface area (TPSA) is 71.1 Å². The summed E-state index contributed by atoms with van der Waals surface area (Å²) in [5, 5.41) is 0.471. The first kappa shape index (κ1) is 17.4. The molecule has 2 aromatic carbocycles. The number of benzene rings is 2. The highest BCUT2D eigenvalue weighted by atomic mass is 16.5.